The number of rotatable bonds is 5. The van der Waals surface area contributed by atoms with E-state index in [1.54, 1.807) is 0 Å². The minimum atomic E-state index is -0.392. The van der Waals surface area contributed by atoms with Crippen molar-refractivity contribution in [2.45, 2.75) is 64.0 Å². The number of aliphatic hydroxyl groups is 1. The number of hydrogen-bond donors (Lipinski definition) is 2. The highest BCUT2D eigenvalue weighted by molar-refractivity contribution is 5.94. The summed E-state index contributed by atoms with van der Waals surface area (Å²) in [7, 11) is 0. The van der Waals surface area contributed by atoms with Gasteiger partial charge in [-0.05, 0) is 43.4 Å². The molecular formula is C17H25NO2. The summed E-state index contributed by atoms with van der Waals surface area (Å²) in [5.74, 6) is -0.0713. The normalized spacial score (nSPS) is 22.5. The lowest BCUT2D eigenvalue weighted by atomic mass is 9.92. The van der Waals surface area contributed by atoms with Crippen molar-refractivity contribution in [1.29, 1.82) is 0 Å². The van der Waals surface area contributed by atoms with Crippen LogP contribution in [-0.4, -0.2) is 23.2 Å². The molecule has 3 heteroatoms. The highest BCUT2D eigenvalue weighted by atomic mass is 16.3. The molecule has 2 atom stereocenters. The molecule has 0 aliphatic heterocycles. The molecule has 3 nitrogen and oxygen atoms in total. The van der Waals surface area contributed by atoms with Crippen LogP contribution < -0.4 is 5.32 Å². The molecule has 1 aromatic rings. The largest absolute Gasteiger partial charge is 0.391 e. The van der Waals surface area contributed by atoms with E-state index in [-0.39, 0.29) is 11.9 Å². The topological polar surface area (TPSA) is 49.3 Å². The SMILES string of the molecule is CCCCc1ccc(C(=O)N[C@@H]2CCCC[C@H]2O)cc1. The third-order valence-corrected chi connectivity index (χ3v) is 4.08. The van der Waals surface area contributed by atoms with Crippen LogP contribution in [0, 0.1) is 0 Å². The van der Waals surface area contributed by atoms with Gasteiger partial charge in [-0.3, -0.25) is 4.79 Å². The Hall–Kier alpha value is -1.35. The summed E-state index contributed by atoms with van der Waals surface area (Å²) in [6, 6.07) is 7.74. The fourth-order valence-electron chi connectivity index (χ4n) is 2.74. The highest BCUT2D eigenvalue weighted by Crippen LogP contribution is 2.19. The van der Waals surface area contributed by atoms with Gasteiger partial charge >= 0.3 is 0 Å². The van der Waals surface area contributed by atoms with Crippen LogP contribution in [0.2, 0.25) is 0 Å². The number of aliphatic hydroxyl groups excluding tert-OH is 1. The Balaban J connectivity index is 1.91. The maximum Gasteiger partial charge on any atom is 0.251 e. The van der Waals surface area contributed by atoms with E-state index in [1.165, 1.54) is 18.4 Å². The fraction of sp³-hybridized carbons (Fsp3) is 0.588. The van der Waals surface area contributed by atoms with Crippen molar-refractivity contribution in [3.05, 3.63) is 35.4 Å². The van der Waals surface area contributed by atoms with Gasteiger partial charge in [-0.15, -0.1) is 0 Å². The van der Waals surface area contributed by atoms with Crippen LogP contribution in [0.3, 0.4) is 0 Å². The first kappa shape index (κ1) is 15.0. The fourth-order valence-corrected chi connectivity index (χ4v) is 2.74. The number of carbonyl (C=O) groups is 1. The third kappa shape index (κ3) is 4.07. The zero-order chi connectivity index (χ0) is 14.4. The third-order valence-electron chi connectivity index (χ3n) is 4.08. The van der Waals surface area contributed by atoms with Gasteiger partial charge in [-0.1, -0.05) is 38.3 Å². The Kier molecular flexibility index (Phi) is 5.60. The van der Waals surface area contributed by atoms with Crippen LogP contribution >= 0.6 is 0 Å². The van der Waals surface area contributed by atoms with Crippen LogP contribution in [0.4, 0.5) is 0 Å². The van der Waals surface area contributed by atoms with Crippen molar-refractivity contribution in [3.63, 3.8) is 0 Å². The second-order valence-corrected chi connectivity index (χ2v) is 5.73. The molecule has 0 unspecified atom stereocenters. The van der Waals surface area contributed by atoms with E-state index < -0.39 is 6.10 Å². The molecule has 1 saturated carbocycles. The van der Waals surface area contributed by atoms with Crippen molar-refractivity contribution in [2.75, 3.05) is 0 Å². The zero-order valence-corrected chi connectivity index (χ0v) is 12.3. The molecular weight excluding hydrogens is 250 g/mol. The number of unbranched alkanes of at least 4 members (excludes halogenated alkanes) is 1. The molecule has 1 fully saturated rings. The van der Waals surface area contributed by atoms with Gasteiger partial charge in [-0.2, -0.15) is 0 Å². The highest BCUT2D eigenvalue weighted by Gasteiger charge is 2.24. The van der Waals surface area contributed by atoms with Crippen LogP contribution in [0.5, 0.6) is 0 Å². The molecule has 0 saturated heterocycles. The van der Waals surface area contributed by atoms with E-state index in [0.29, 0.717) is 5.56 Å². The molecule has 1 amide bonds. The van der Waals surface area contributed by atoms with Gasteiger partial charge < -0.3 is 10.4 Å². The smallest absolute Gasteiger partial charge is 0.251 e. The second kappa shape index (κ2) is 7.44. The number of nitrogens with one attached hydrogen (secondary N) is 1. The number of hydrogen-bond acceptors (Lipinski definition) is 2. The molecule has 2 N–H and O–H groups in total. The lowest BCUT2D eigenvalue weighted by molar-refractivity contribution is 0.0717. The molecule has 20 heavy (non-hydrogen) atoms. The first-order valence-corrected chi connectivity index (χ1v) is 7.78. The monoisotopic (exact) mass is 275 g/mol. The van der Waals surface area contributed by atoms with Gasteiger partial charge in [0.25, 0.3) is 5.91 Å². The maximum atomic E-state index is 12.2. The van der Waals surface area contributed by atoms with Crippen LogP contribution in [0.15, 0.2) is 24.3 Å². The minimum absolute atomic E-state index is 0.0713. The van der Waals surface area contributed by atoms with Crippen molar-refractivity contribution in [1.82, 2.24) is 5.32 Å². The van der Waals surface area contributed by atoms with Crippen molar-refractivity contribution in [2.24, 2.45) is 0 Å². The Labute approximate surface area is 121 Å². The summed E-state index contributed by atoms with van der Waals surface area (Å²) in [5.41, 5.74) is 1.96. The first-order valence-electron chi connectivity index (χ1n) is 7.78. The minimum Gasteiger partial charge on any atom is -0.391 e. The molecule has 110 valence electrons. The zero-order valence-electron chi connectivity index (χ0n) is 12.3. The van der Waals surface area contributed by atoms with Crippen molar-refractivity contribution < 1.29 is 9.90 Å². The van der Waals surface area contributed by atoms with Gasteiger partial charge in [0.2, 0.25) is 0 Å². The number of amides is 1. The van der Waals surface area contributed by atoms with Crippen LogP contribution in [0.25, 0.3) is 0 Å². The summed E-state index contributed by atoms with van der Waals surface area (Å²) < 4.78 is 0. The van der Waals surface area contributed by atoms with Gasteiger partial charge in [0.05, 0.1) is 12.1 Å². The second-order valence-electron chi connectivity index (χ2n) is 5.73. The van der Waals surface area contributed by atoms with E-state index >= 15 is 0 Å². The molecule has 0 radical (unpaired) electrons. The predicted molar refractivity (Wildman–Crippen MR) is 80.8 cm³/mol. The van der Waals surface area contributed by atoms with E-state index in [1.807, 2.05) is 24.3 Å². The Bertz CT molecular complexity index is 427. The lowest BCUT2D eigenvalue weighted by Gasteiger charge is -2.28. The Morgan fingerprint density at radius 2 is 1.95 bits per heavy atom. The first-order chi connectivity index (χ1) is 9.70. The Morgan fingerprint density at radius 1 is 1.25 bits per heavy atom. The molecule has 1 aromatic carbocycles. The van der Waals surface area contributed by atoms with Crippen molar-refractivity contribution >= 4 is 5.91 Å². The standard InChI is InChI=1S/C17H25NO2/c1-2-3-6-13-9-11-14(12-10-13)17(20)18-15-7-4-5-8-16(15)19/h9-12,15-16,19H,2-8H2,1H3,(H,18,20)/t15-,16-/m1/s1. The summed E-state index contributed by atoms with van der Waals surface area (Å²) in [5, 5.41) is 12.8. The van der Waals surface area contributed by atoms with E-state index in [9.17, 15) is 9.90 Å². The van der Waals surface area contributed by atoms with Crippen LogP contribution in [0.1, 0.15) is 61.4 Å². The van der Waals surface area contributed by atoms with E-state index in [2.05, 4.69) is 12.2 Å². The van der Waals surface area contributed by atoms with E-state index in [4.69, 9.17) is 0 Å². The summed E-state index contributed by atoms with van der Waals surface area (Å²) in [4.78, 5) is 12.2. The average molecular weight is 275 g/mol. The molecule has 2 rings (SSSR count). The van der Waals surface area contributed by atoms with Gasteiger partial charge in [-0.25, -0.2) is 0 Å². The van der Waals surface area contributed by atoms with Gasteiger partial charge in [0.1, 0.15) is 0 Å². The number of carbonyl (C=O) groups excluding carboxylic acids is 1. The molecule has 1 aliphatic carbocycles. The van der Waals surface area contributed by atoms with Crippen molar-refractivity contribution in [3.8, 4) is 0 Å². The summed E-state index contributed by atoms with van der Waals surface area (Å²) in [6.45, 7) is 2.18. The summed E-state index contributed by atoms with van der Waals surface area (Å²) in [6.07, 6.45) is 6.85. The van der Waals surface area contributed by atoms with Gasteiger partial charge in [0, 0.05) is 5.56 Å². The molecule has 1 aliphatic rings. The molecule has 0 heterocycles. The lowest BCUT2D eigenvalue weighted by Crippen LogP contribution is -2.45. The molecule has 0 bridgehead atoms. The number of aryl methyl sites for hydroxylation is 1. The maximum absolute atomic E-state index is 12.2. The predicted octanol–water partition coefficient (Wildman–Crippen LogP) is 3.06. The average Bonchev–Trinajstić information content (AvgIpc) is 2.48. The number of benzene rings is 1. The Morgan fingerprint density at radius 3 is 2.60 bits per heavy atom. The van der Waals surface area contributed by atoms with Gasteiger partial charge in [0.15, 0.2) is 0 Å². The summed E-state index contributed by atoms with van der Waals surface area (Å²) >= 11 is 0. The molecule has 0 aromatic heterocycles. The molecule has 0 spiro atoms. The van der Waals surface area contributed by atoms with Crippen LogP contribution in [-0.2, 0) is 6.42 Å². The van der Waals surface area contributed by atoms with E-state index in [0.717, 1.165) is 32.1 Å². The quantitative estimate of drug-likeness (QED) is 0.867.